The molecule has 0 radical (unpaired) electrons. The molecule has 1 N–H and O–H groups in total. The average Bonchev–Trinajstić information content (AvgIpc) is 3.15. The number of carbonyl (C=O) groups excluding carboxylic acids is 1. The van der Waals surface area contributed by atoms with Gasteiger partial charge in [0.2, 0.25) is 5.91 Å². The molecule has 7 heteroatoms. The maximum Gasteiger partial charge on any atom is 0.227 e. The van der Waals surface area contributed by atoms with Gasteiger partial charge < -0.3 is 10.0 Å². The normalized spacial score (nSPS) is 17.5. The molecule has 0 bridgehead atoms. The van der Waals surface area contributed by atoms with Crippen LogP contribution in [0.2, 0.25) is 10.0 Å². The molecule has 1 aliphatic rings. The fourth-order valence-electron chi connectivity index (χ4n) is 3.83. The summed E-state index contributed by atoms with van der Waals surface area (Å²) in [4.78, 5) is 17.3. The summed E-state index contributed by atoms with van der Waals surface area (Å²) < 4.78 is 0. The monoisotopic (exact) mass is 445 g/mol. The molecule has 0 spiro atoms. The van der Waals surface area contributed by atoms with Gasteiger partial charge in [0.15, 0.2) is 0 Å². The van der Waals surface area contributed by atoms with Gasteiger partial charge in [-0.1, -0.05) is 59.6 Å². The number of β-amino-alcohol motifs (C(OH)–C–C–N with tert-alkyl or cyclic N) is 1. The molecule has 0 saturated carbocycles. The van der Waals surface area contributed by atoms with E-state index in [0.29, 0.717) is 29.7 Å². The Labute approximate surface area is 187 Å². The van der Waals surface area contributed by atoms with Gasteiger partial charge in [0, 0.05) is 26.2 Å². The van der Waals surface area contributed by atoms with Crippen molar-refractivity contribution in [3.05, 3.63) is 69.7 Å². The number of nitrogens with zero attached hydrogens (tertiary/aromatic N) is 3. The van der Waals surface area contributed by atoms with Crippen molar-refractivity contribution in [3.63, 3.8) is 0 Å². The van der Waals surface area contributed by atoms with E-state index >= 15 is 0 Å². The maximum absolute atomic E-state index is 13.3. The summed E-state index contributed by atoms with van der Waals surface area (Å²) in [6.07, 6.45) is 0.825. The number of nitriles is 1. The number of amides is 1. The number of halogens is 2. The third-order valence-electron chi connectivity index (χ3n) is 5.36. The van der Waals surface area contributed by atoms with Crippen LogP contribution in [-0.2, 0) is 11.2 Å². The van der Waals surface area contributed by atoms with Gasteiger partial charge in [-0.15, -0.1) is 0 Å². The van der Waals surface area contributed by atoms with Crippen LogP contribution in [0.3, 0.4) is 0 Å². The molecular weight excluding hydrogens is 421 g/mol. The molecule has 1 fully saturated rings. The van der Waals surface area contributed by atoms with Crippen LogP contribution < -0.4 is 0 Å². The first-order valence-electron chi connectivity index (χ1n) is 10.0. The second-order valence-corrected chi connectivity index (χ2v) is 8.36. The molecule has 5 nitrogen and oxygen atoms in total. The number of hydrogen-bond acceptors (Lipinski definition) is 4. The molecule has 2 unspecified atom stereocenters. The number of likely N-dealkylation sites (tertiary alicyclic amines) is 1. The number of aliphatic hydroxyl groups is 1. The van der Waals surface area contributed by atoms with Gasteiger partial charge in [-0.05, 0) is 29.7 Å². The lowest BCUT2D eigenvalue weighted by Gasteiger charge is -2.34. The summed E-state index contributed by atoms with van der Waals surface area (Å²) in [7, 11) is 0. The molecule has 1 amide bonds. The Hall–Kier alpha value is -2.10. The van der Waals surface area contributed by atoms with E-state index < -0.39 is 0 Å². The molecule has 30 heavy (non-hydrogen) atoms. The Kier molecular flexibility index (Phi) is 8.12. The molecular formula is C23H25Cl2N3O2. The van der Waals surface area contributed by atoms with Crippen molar-refractivity contribution in [1.82, 2.24) is 9.80 Å². The second kappa shape index (κ2) is 10.8. The van der Waals surface area contributed by atoms with E-state index in [2.05, 4.69) is 11.0 Å². The lowest BCUT2D eigenvalue weighted by Crippen LogP contribution is -2.42. The third-order valence-corrected chi connectivity index (χ3v) is 6.10. The zero-order valence-electron chi connectivity index (χ0n) is 16.7. The molecule has 2 atom stereocenters. The van der Waals surface area contributed by atoms with Gasteiger partial charge >= 0.3 is 0 Å². The number of benzene rings is 2. The molecule has 0 aliphatic carbocycles. The van der Waals surface area contributed by atoms with Crippen molar-refractivity contribution in [1.29, 1.82) is 5.26 Å². The highest BCUT2D eigenvalue weighted by atomic mass is 35.5. The summed E-state index contributed by atoms with van der Waals surface area (Å²) in [5, 5.41) is 19.9. The first-order valence-corrected chi connectivity index (χ1v) is 10.8. The summed E-state index contributed by atoms with van der Waals surface area (Å²) in [6, 6.07) is 17.0. The van der Waals surface area contributed by atoms with Crippen molar-refractivity contribution in [3.8, 4) is 6.07 Å². The van der Waals surface area contributed by atoms with E-state index in [9.17, 15) is 9.90 Å². The molecule has 158 valence electrons. The van der Waals surface area contributed by atoms with E-state index in [1.807, 2.05) is 30.3 Å². The summed E-state index contributed by atoms with van der Waals surface area (Å²) in [5.74, 6) is -0.0720. The van der Waals surface area contributed by atoms with Crippen LogP contribution in [0.5, 0.6) is 0 Å². The van der Waals surface area contributed by atoms with Crippen LogP contribution in [0.1, 0.15) is 30.0 Å². The van der Waals surface area contributed by atoms with Gasteiger partial charge in [-0.2, -0.15) is 5.26 Å². The van der Waals surface area contributed by atoms with Crippen molar-refractivity contribution in [2.45, 2.75) is 31.4 Å². The highest BCUT2D eigenvalue weighted by Crippen LogP contribution is 2.27. The quantitative estimate of drug-likeness (QED) is 0.664. The van der Waals surface area contributed by atoms with E-state index in [1.54, 1.807) is 23.1 Å². The Morgan fingerprint density at radius 1 is 1.23 bits per heavy atom. The van der Waals surface area contributed by atoms with Crippen molar-refractivity contribution >= 4 is 29.1 Å². The number of carbonyl (C=O) groups is 1. The SMILES string of the molecule is N#CCCN(C(=O)Cc1ccc(Cl)c(Cl)c1)C(CN1CCC(O)C1)c1ccccc1. The van der Waals surface area contributed by atoms with Gasteiger partial charge in [0.25, 0.3) is 0 Å². The maximum atomic E-state index is 13.3. The zero-order valence-corrected chi connectivity index (χ0v) is 18.2. The first-order chi connectivity index (χ1) is 14.5. The lowest BCUT2D eigenvalue weighted by molar-refractivity contribution is -0.133. The topological polar surface area (TPSA) is 67.6 Å². The van der Waals surface area contributed by atoms with E-state index in [4.69, 9.17) is 28.5 Å². The van der Waals surface area contributed by atoms with E-state index in [1.165, 1.54) is 0 Å². The van der Waals surface area contributed by atoms with Gasteiger partial charge in [0.05, 0.1) is 41.1 Å². The number of aliphatic hydroxyl groups excluding tert-OH is 1. The summed E-state index contributed by atoms with van der Waals surface area (Å²) >= 11 is 12.1. The Bertz CT molecular complexity index is 901. The minimum atomic E-state index is -0.333. The summed E-state index contributed by atoms with van der Waals surface area (Å²) in [5.41, 5.74) is 1.79. The number of rotatable bonds is 8. The largest absolute Gasteiger partial charge is 0.392 e. The van der Waals surface area contributed by atoms with Crippen LogP contribution in [0.4, 0.5) is 0 Å². The molecule has 2 aromatic rings. The van der Waals surface area contributed by atoms with E-state index in [0.717, 1.165) is 24.1 Å². The molecule has 1 heterocycles. The average molecular weight is 446 g/mol. The lowest BCUT2D eigenvalue weighted by atomic mass is 10.0. The smallest absolute Gasteiger partial charge is 0.227 e. The minimum absolute atomic E-state index is 0.0720. The molecule has 1 saturated heterocycles. The Morgan fingerprint density at radius 3 is 2.63 bits per heavy atom. The Morgan fingerprint density at radius 2 is 2.00 bits per heavy atom. The first kappa shape index (κ1) is 22.6. The number of hydrogen-bond donors (Lipinski definition) is 1. The second-order valence-electron chi connectivity index (χ2n) is 7.55. The predicted molar refractivity (Wildman–Crippen MR) is 118 cm³/mol. The highest BCUT2D eigenvalue weighted by molar-refractivity contribution is 6.42. The van der Waals surface area contributed by atoms with Crippen LogP contribution in [0.15, 0.2) is 48.5 Å². The molecule has 1 aliphatic heterocycles. The van der Waals surface area contributed by atoms with Gasteiger partial charge in [0.1, 0.15) is 0 Å². The predicted octanol–water partition coefficient (Wildman–Crippen LogP) is 4.09. The van der Waals surface area contributed by atoms with Crippen molar-refractivity contribution < 1.29 is 9.90 Å². The standard InChI is InChI=1S/C23H25Cl2N3O2/c24-20-8-7-17(13-21(20)25)14-23(30)28(11-4-10-26)22(18-5-2-1-3-6-18)16-27-12-9-19(29)15-27/h1-3,5-8,13,19,22,29H,4,9,11-12,14-16H2. The molecule has 0 aromatic heterocycles. The summed E-state index contributed by atoms with van der Waals surface area (Å²) in [6.45, 7) is 2.33. The fraction of sp³-hybridized carbons (Fsp3) is 0.391. The van der Waals surface area contributed by atoms with Crippen LogP contribution in [0.25, 0.3) is 0 Å². The highest BCUT2D eigenvalue weighted by Gasteiger charge is 2.30. The zero-order chi connectivity index (χ0) is 21.5. The molecule has 3 rings (SSSR count). The minimum Gasteiger partial charge on any atom is -0.392 e. The third kappa shape index (κ3) is 5.96. The Balaban J connectivity index is 1.86. The van der Waals surface area contributed by atoms with E-state index in [-0.39, 0.29) is 30.9 Å². The molecule has 2 aromatic carbocycles. The van der Waals surface area contributed by atoms with Crippen molar-refractivity contribution in [2.75, 3.05) is 26.2 Å². The van der Waals surface area contributed by atoms with Gasteiger partial charge in [-0.25, -0.2) is 0 Å². The van der Waals surface area contributed by atoms with Crippen LogP contribution in [-0.4, -0.2) is 53.1 Å². The van der Waals surface area contributed by atoms with Crippen molar-refractivity contribution in [2.24, 2.45) is 0 Å². The van der Waals surface area contributed by atoms with Gasteiger partial charge in [-0.3, -0.25) is 9.69 Å². The fourth-order valence-corrected chi connectivity index (χ4v) is 4.15. The van der Waals surface area contributed by atoms with Crippen LogP contribution in [0, 0.1) is 11.3 Å². The van der Waals surface area contributed by atoms with Crippen LogP contribution >= 0.6 is 23.2 Å².